The van der Waals surface area contributed by atoms with Crippen molar-refractivity contribution in [3.63, 3.8) is 0 Å². The number of carbonyl (C=O) groups is 1. The van der Waals surface area contributed by atoms with Crippen LogP contribution in [0.4, 0.5) is 5.69 Å². The molecule has 1 unspecified atom stereocenters. The number of nitrogens with one attached hydrogen (secondary N) is 1. The number of benzene rings is 1. The second-order valence-electron chi connectivity index (χ2n) is 5.46. The van der Waals surface area contributed by atoms with E-state index in [4.69, 9.17) is 16.3 Å². The predicted molar refractivity (Wildman–Crippen MR) is 96.7 cm³/mol. The minimum absolute atomic E-state index is 0.0871. The molecule has 0 spiro atoms. The zero-order valence-corrected chi connectivity index (χ0v) is 15.3. The van der Waals surface area contributed by atoms with Gasteiger partial charge in [-0.05, 0) is 44.0 Å². The monoisotopic (exact) mass is 352 g/mol. The average molecular weight is 353 g/mol. The Balaban J connectivity index is 2.03. The van der Waals surface area contributed by atoms with E-state index in [-0.39, 0.29) is 11.9 Å². The highest BCUT2D eigenvalue weighted by Crippen LogP contribution is 2.31. The number of nitrogens with zero attached hydrogens (tertiary/aromatic N) is 1. The lowest BCUT2D eigenvalue weighted by Gasteiger charge is -2.23. The first-order valence-corrected chi connectivity index (χ1v) is 8.55. The van der Waals surface area contributed by atoms with Gasteiger partial charge in [-0.2, -0.15) is 0 Å². The summed E-state index contributed by atoms with van der Waals surface area (Å²) in [5.74, 6) is 0.471. The van der Waals surface area contributed by atoms with Crippen molar-refractivity contribution in [2.45, 2.75) is 19.9 Å². The molecule has 0 bridgehead atoms. The zero-order chi connectivity index (χ0) is 17.0. The number of anilines is 1. The largest absolute Gasteiger partial charge is 0.495 e. The summed E-state index contributed by atoms with van der Waals surface area (Å²) >= 11 is 7.78. The highest BCUT2D eigenvalue weighted by Gasteiger charge is 2.17. The molecule has 0 radical (unpaired) electrons. The number of hydrogen-bond donors (Lipinski definition) is 1. The van der Waals surface area contributed by atoms with Crippen LogP contribution >= 0.6 is 22.9 Å². The van der Waals surface area contributed by atoms with Gasteiger partial charge in [0.1, 0.15) is 5.75 Å². The molecule has 1 aromatic carbocycles. The lowest BCUT2D eigenvalue weighted by atomic mass is 10.2. The van der Waals surface area contributed by atoms with Gasteiger partial charge in [0.2, 0.25) is 5.91 Å². The molecule has 0 aliphatic heterocycles. The predicted octanol–water partition coefficient (Wildman–Crippen LogP) is 4.35. The van der Waals surface area contributed by atoms with Crippen molar-refractivity contribution in [2.24, 2.45) is 0 Å². The minimum atomic E-state index is -0.0871. The molecule has 0 saturated heterocycles. The highest BCUT2D eigenvalue weighted by molar-refractivity contribution is 7.10. The van der Waals surface area contributed by atoms with E-state index in [9.17, 15) is 4.79 Å². The lowest BCUT2D eigenvalue weighted by Crippen LogP contribution is -2.32. The molecule has 0 aliphatic rings. The van der Waals surface area contributed by atoms with Crippen LogP contribution in [0.25, 0.3) is 0 Å². The minimum Gasteiger partial charge on any atom is -0.495 e. The maximum absolute atomic E-state index is 12.3. The number of likely N-dealkylation sites (N-methyl/N-ethyl adjacent to an activating group) is 1. The Morgan fingerprint density at radius 1 is 1.48 bits per heavy atom. The van der Waals surface area contributed by atoms with Crippen molar-refractivity contribution < 1.29 is 9.53 Å². The Morgan fingerprint density at radius 2 is 2.22 bits per heavy atom. The molecule has 4 nitrogen and oxygen atoms in total. The van der Waals surface area contributed by atoms with E-state index in [2.05, 4.69) is 18.3 Å². The van der Waals surface area contributed by atoms with E-state index in [0.29, 0.717) is 23.0 Å². The van der Waals surface area contributed by atoms with Crippen LogP contribution in [-0.4, -0.2) is 31.5 Å². The van der Waals surface area contributed by atoms with E-state index >= 15 is 0 Å². The molecule has 1 aromatic heterocycles. The van der Waals surface area contributed by atoms with Crippen LogP contribution in [0, 0.1) is 6.92 Å². The van der Waals surface area contributed by atoms with Gasteiger partial charge in [0.25, 0.3) is 0 Å². The van der Waals surface area contributed by atoms with Gasteiger partial charge in [0.15, 0.2) is 0 Å². The van der Waals surface area contributed by atoms with Crippen molar-refractivity contribution in [3.8, 4) is 5.75 Å². The summed E-state index contributed by atoms with van der Waals surface area (Å²) in [7, 11) is 3.50. The molecule has 6 heteroatoms. The van der Waals surface area contributed by atoms with E-state index in [1.165, 1.54) is 4.88 Å². The maximum Gasteiger partial charge on any atom is 0.238 e. The fourth-order valence-electron chi connectivity index (χ4n) is 2.23. The molecule has 1 heterocycles. The van der Waals surface area contributed by atoms with Crippen LogP contribution in [0.1, 0.15) is 23.4 Å². The van der Waals surface area contributed by atoms with Crippen LogP contribution in [0.15, 0.2) is 29.6 Å². The van der Waals surface area contributed by atoms with Gasteiger partial charge < -0.3 is 10.1 Å². The van der Waals surface area contributed by atoms with Crippen LogP contribution in [0.5, 0.6) is 5.75 Å². The molecule has 1 N–H and O–H groups in total. The van der Waals surface area contributed by atoms with Gasteiger partial charge in [-0.1, -0.05) is 17.7 Å². The third-order valence-corrected chi connectivity index (χ3v) is 5.21. The standard InChI is InChI=1S/C17H21ClN2O2S/c1-11-8-14(15(22-4)9-13(11)18)19-17(21)10-20(3)12(2)16-6-5-7-23-16/h5-9,12H,10H2,1-4H3,(H,19,21). The SMILES string of the molecule is COc1cc(Cl)c(C)cc1NC(=O)CN(C)C(C)c1cccs1. The normalized spacial score (nSPS) is 12.3. The van der Waals surface area contributed by atoms with Crippen LogP contribution in [-0.2, 0) is 4.79 Å². The van der Waals surface area contributed by atoms with E-state index in [0.717, 1.165) is 5.56 Å². The van der Waals surface area contributed by atoms with Gasteiger partial charge in [-0.3, -0.25) is 9.69 Å². The summed E-state index contributed by atoms with van der Waals surface area (Å²) in [5.41, 5.74) is 1.53. The summed E-state index contributed by atoms with van der Waals surface area (Å²) in [5, 5.41) is 5.56. The van der Waals surface area contributed by atoms with Gasteiger partial charge in [-0.25, -0.2) is 0 Å². The van der Waals surface area contributed by atoms with Gasteiger partial charge in [-0.15, -0.1) is 11.3 Å². The van der Waals surface area contributed by atoms with Gasteiger partial charge in [0.05, 0.1) is 19.3 Å². The number of carbonyl (C=O) groups excluding carboxylic acids is 1. The molecule has 124 valence electrons. The van der Waals surface area contributed by atoms with Gasteiger partial charge >= 0.3 is 0 Å². The molecular weight excluding hydrogens is 332 g/mol. The Bertz CT molecular complexity index is 673. The Morgan fingerprint density at radius 3 is 2.83 bits per heavy atom. The molecule has 0 fully saturated rings. The molecule has 0 saturated carbocycles. The molecule has 23 heavy (non-hydrogen) atoms. The highest BCUT2D eigenvalue weighted by atomic mass is 35.5. The Hall–Kier alpha value is -1.56. The summed E-state index contributed by atoms with van der Waals surface area (Å²) in [6.45, 7) is 4.28. The number of methoxy groups -OCH3 is 1. The molecule has 1 atom stereocenters. The second kappa shape index (κ2) is 7.81. The fraction of sp³-hybridized carbons (Fsp3) is 0.353. The quantitative estimate of drug-likeness (QED) is 0.840. The number of aryl methyl sites for hydroxylation is 1. The second-order valence-corrected chi connectivity index (χ2v) is 6.84. The smallest absolute Gasteiger partial charge is 0.238 e. The van der Waals surface area contributed by atoms with Crippen LogP contribution in [0.3, 0.4) is 0 Å². The van der Waals surface area contributed by atoms with E-state index in [1.807, 2.05) is 36.4 Å². The van der Waals surface area contributed by atoms with Crippen LogP contribution in [0.2, 0.25) is 5.02 Å². The average Bonchev–Trinajstić information content (AvgIpc) is 3.04. The molecule has 1 amide bonds. The van der Waals surface area contributed by atoms with Crippen LogP contribution < -0.4 is 10.1 Å². The fourth-order valence-corrected chi connectivity index (χ4v) is 3.23. The Labute approximate surface area is 146 Å². The third kappa shape index (κ3) is 4.47. The summed E-state index contributed by atoms with van der Waals surface area (Å²) in [6, 6.07) is 7.82. The number of amides is 1. The Kier molecular flexibility index (Phi) is 6.04. The number of hydrogen-bond acceptors (Lipinski definition) is 4. The number of rotatable bonds is 6. The first-order valence-electron chi connectivity index (χ1n) is 7.30. The summed E-state index contributed by atoms with van der Waals surface area (Å²) in [6.07, 6.45) is 0. The first kappa shape index (κ1) is 17.8. The third-order valence-electron chi connectivity index (χ3n) is 3.76. The van der Waals surface area contributed by atoms with Crippen molar-refractivity contribution in [1.82, 2.24) is 4.90 Å². The molecule has 2 rings (SSSR count). The number of ether oxygens (including phenoxy) is 1. The summed E-state index contributed by atoms with van der Waals surface area (Å²) in [4.78, 5) is 15.6. The van der Waals surface area contributed by atoms with Crippen molar-refractivity contribution >= 4 is 34.5 Å². The van der Waals surface area contributed by atoms with Crippen molar-refractivity contribution in [1.29, 1.82) is 0 Å². The summed E-state index contributed by atoms with van der Waals surface area (Å²) < 4.78 is 5.28. The van der Waals surface area contributed by atoms with E-state index < -0.39 is 0 Å². The maximum atomic E-state index is 12.3. The van der Waals surface area contributed by atoms with Crippen molar-refractivity contribution in [2.75, 3.05) is 26.0 Å². The molecule has 2 aromatic rings. The zero-order valence-electron chi connectivity index (χ0n) is 13.7. The lowest BCUT2D eigenvalue weighted by molar-refractivity contribution is -0.117. The van der Waals surface area contributed by atoms with E-state index in [1.54, 1.807) is 24.5 Å². The molecular formula is C17H21ClN2O2S. The number of halogens is 1. The topological polar surface area (TPSA) is 41.6 Å². The first-order chi connectivity index (χ1) is 10.9. The number of thiophene rings is 1. The molecule has 0 aliphatic carbocycles. The van der Waals surface area contributed by atoms with Gasteiger partial charge in [0, 0.05) is 22.0 Å². The van der Waals surface area contributed by atoms with Crippen molar-refractivity contribution in [3.05, 3.63) is 45.1 Å².